The van der Waals surface area contributed by atoms with Gasteiger partial charge in [0.25, 0.3) is 0 Å². The summed E-state index contributed by atoms with van der Waals surface area (Å²) in [5.74, 6) is -1.02. The van der Waals surface area contributed by atoms with Gasteiger partial charge in [0.1, 0.15) is 11.2 Å². The van der Waals surface area contributed by atoms with Gasteiger partial charge in [-0.1, -0.05) is 17.7 Å². The number of benzene rings is 1. The van der Waals surface area contributed by atoms with Gasteiger partial charge in [-0.05, 0) is 31.0 Å². The molecule has 0 aromatic heterocycles. The number of alkyl halides is 1. The zero-order valence-electron chi connectivity index (χ0n) is 8.67. The molecule has 0 saturated carbocycles. The van der Waals surface area contributed by atoms with Gasteiger partial charge in [-0.2, -0.15) is 0 Å². The fourth-order valence-corrected chi connectivity index (χ4v) is 1.55. The highest BCUT2D eigenvalue weighted by molar-refractivity contribution is 6.31. The molecular formula is C11H11Cl2FO2. The zero-order chi connectivity index (χ0) is 12.1. The van der Waals surface area contributed by atoms with Crippen molar-refractivity contribution in [2.45, 2.75) is 18.7 Å². The van der Waals surface area contributed by atoms with Gasteiger partial charge in [0.05, 0.1) is 11.6 Å². The van der Waals surface area contributed by atoms with Crippen molar-refractivity contribution in [1.82, 2.24) is 0 Å². The molecule has 0 spiro atoms. The van der Waals surface area contributed by atoms with Crippen LogP contribution in [0.25, 0.3) is 0 Å². The lowest BCUT2D eigenvalue weighted by molar-refractivity contribution is -0.142. The number of ether oxygens (including phenoxy) is 1. The molecule has 0 amide bonds. The Morgan fingerprint density at radius 1 is 1.56 bits per heavy atom. The van der Waals surface area contributed by atoms with Crippen molar-refractivity contribution in [1.29, 1.82) is 0 Å². The first-order valence-corrected chi connectivity index (χ1v) is 5.60. The van der Waals surface area contributed by atoms with E-state index in [4.69, 9.17) is 27.9 Å². The lowest BCUT2D eigenvalue weighted by atomic mass is 10.1. The van der Waals surface area contributed by atoms with Crippen molar-refractivity contribution >= 4 is 29.2 Å². The summed E-state index contributed by atoms with van der Waals surface area (Å²) in [5, 5.41) is -0.758. The summed E-state index contributed by atoms with van der Waals surface area (Å²) in [6, 6.07) is 4.32. The number of carbonyl (C=O) groups excluding carboxylic acids is 1. The van der Waals surface area contributed by atoms with E-state index in [0.717, 1.165) is 0 Å². The Morgan fingerprint density at radius 2 is 2.25 bits per heavy atom. The predicted molar refractivity (Wildman–Crippen MR) is 61.4 cm³/mol. The first-order chi connectivity index (χ1) is 7.54. The zero-order valence-corrected chi connectivity index (χ0v) is 10.2. The van der Waals surface area contributed by atoms with Gasteiger partial charge in [0.15, 0.2) is 0 Å². The third kappa shape index (κ3) is 3.65. The van der Waals surface area contributed by atoms with Crippen LogP contribution < -0.4 is 0 Å². The predicted octanol–water partition coefficient (Wildman–Crippen LogP) is 3.19. The van der Waals surface area contributed by atoms with Crippen LogP contribution in [0, 0.1) is 5.82 Å². The molecule has 1 unspecified atom stereocenters. The fraction of sp³-hybridized carbons (Fsp3) is 0.364. The third-order valence-electron chi connectivity index (χ3n) is 1.94. The molecule has 0 heterocycles. The van der Waals surface area contributed by atoms with Gasteiger partial charge < -0.3 is 4.74 Å². The van der Waals surface area contributed by atoms with Crippen molar-refractivity contribution in [2.75, 3.05) is 6.61 Å². The molecule has 88 valence electrons. The van der Waals surface area contributed by atoms with Crippen LogP contribution in [0.15, 0.2) is 18.2 Å². The second kappa shape index (κ2) is 6.06. The van der Waals surface area contributed by atoms with Crippen LogP contribution in [0.5, 0.6) is 0 Å². The van der Waals surface area contributed by atoms with Gasteiger partial charge in [0, 0.05) is 0 Å². The first kappa shape index (κ1) is 13.3. The molecule has 0 fully saturated rings. The molecule has 1 atom stereocenters. The van der Waals surface area contributed by atoms with E-state index in [1.807, 2.05) is 0 Å². The van der Waals surface area contributed by atoms with Gasteiger partial charge in [-0.25, -0.2) is 4.39 Å². The van der Waals surface area contributed by atoms with Crippen molar-refractivity contribution in [2.24, 2.45) is 0 Å². The summed E-state index contributed by atoms with van der Waals surface area (Å²) in [6.07, 6.45) is 0.217. The third-order valence-corrected chi connectivity index (χ3v) is 2.58. The van der Waals surface area contributed by atoms with Crippen molar-refractivity contribution in [3.8, 4) is 0 Å². The maximum atomic E-state index is 13.1. The highest BCUT2D eigenvalue weighted by Crippen LogP contribution is 2.18. The molecule has 1 rings (SSSR count). The standard InChI is InChI=1S/C11H11Cl2FO2/c1-2-16-11(15)9(13)5-7-3-4-8(12)10(14)6-7/h3-4,6,9H,2,5H2,1H3. The molecule has 0 aliphatic carbocycles. The van der Waals surface area contributed by atoms with Crippen LogP contribution >= 0.6 is 23.2 Å². The van der Waals surface area contributed by atoms with Crippen LogP contribution in [0.1, 0.15) is 12.5 Å². The highest BCUT2D eigenvalue weighted by atomic mass is 35.5. The van der Waals surface area contributed by atoms with E-state index in [1.54, 1.807) is 13.0 Å². The number of carbonyl (C=O) groups is 1. The Kier molecular flexibility index (Phi) is 5.03. The van der Waals surface area contributed by atoms with E-state index in [9.17, 15) is 9.18 Å². The molecule has 0 saturated heterocycles. The number of esters is 1. The number of rotatable bonds is 4. The summed E-state index contributed by atoms with van der Waals surface area (Å²) < 4.78 is 17.8. The molecule has 0 bridgehead atoms. The molecule has 1 aromatic carbocycles. The van der Waals surface area contributed by atoms with E-state index < -0.39 is 17.2 Å². The van der Waals surface area contributed by atoms with Gasteiger partial charge >= 0.3 is 5.97 Å². The molecular weight excluding hydrogens is 254 g/mol. The number of hydrogen-bond donors (Lipinski definition) is 0. The van der Waals surface area contributed by atoms with Gasteiger partial charge in [0.2, 0.25) is 0 Å². The monoisotopic (exact) mass is 264 g/mol. The average Bonchev–Trinajstić information content (AvgIpc) is 2.24. The highest BCUT2D eigenvalue weighted by Gasteiger charge is 2.17. The second-order valence-corrected chi connectivity index (χ2v) is 4.11. The van der Waals surface area contributed by atoms with Crippen molar-refractivity contribution < 1.29 is 13.9 Å². The lowest BCUT2D eigenvalue weighted by Crippen LogP contribution is -2.20. The molecule has 1 aromatic rings. The minimum Gasteiger partial charge on any atom is -0.465 e. The molecule has 0 radical (unpaired) electrons. The minimum atomic E-state index is -0.805. The molecule has 0 aliphatic heterocycles. The maximum Gasteiger partial charge on any atom is 0.324 e. The molecule has 2 nitrogen and oxygen atoms in total. The Bertz CT molecular complexity index is 382. The van der Waals surface area contributed by atoms with Crippen LogP contribution in [0.3, 0.4) is 0 Å². The van der Waals surface area contributed by atoms with E-state index in [2.05, 4.69) is 0 Å². The first-order valence-electron chi connectivity index (χ1n) is 4.79. The van der Waals surface area contributed by atoms with E-state index in [-0.39, 0.29) is 18.1 Å². The fourth-order valence-electron chi connectivity index (χ4n) is 1.19. The van der Waals surface area contributed by atoms with Crippen molar-refractivity contribution in [3.63, 3.8) is 0 Å². The second-order valence-electron chi connectivity index (χ2n) is 3.17. The Balaban J connectivity index is 2.66. The smallest absolute Gasteiger partial charge is 0.324 e. The van der Waals surface area contributed by atoms with Crippen LogP contribution in [0.2, 0.25) is 5.02 Å². The van der Waals surface area contributed by atoms with E-state index >= 15 is 0 Å². The summed E-state index contributed by atoms with van der Waals surface area (Å²) in [6.45, 7) is 1.97. The SMILES string of the molecule is CCOC(=O)C(Cl)Cc1ccc(Cl)c(F)c1. The van der Waals surface area contributed by atoms with E-state index in [1.165, 1.54) is 12.1 Å². The summed E-state index contributed by atoms with van der Waals surface area (Å²) in [5.41, 5.74) is 0.606. The van der Waals surface area contributed by atoms with Crippen LogP contribution in [-0.4, -0.2) is 18.0 Å². The van der Waals surface area contributed by atoms with Crippen LogP contribution in [0.4, 0.5) is 4.39 Å². The normalized spacial score (nSPS) is 12.2. The Hall–Kier alpha value is -0.800. The average molecular weight is 265 g/mol. The Labute approximate surface area is 103 Å². The van der Waals surface area contributed by atoms with E-state index in [0.29, 0.717) is 5.56 Å². The largest absolute Gasteiger partial charge is 0.465 e. The number of halogens is 3. The molecule has 0 N–H and O–H groups in total. The molecule has 16 heavy (non-hydrogen) atoms. The van der Waals surface area contributed by atoms with Crippen molar-refractivity contribution in [3.05, 3.63) is 34.6 Å². The van der Waals surface area contributed by atoms with Gasteiger partial charge in [-0.15, -0.1) is 11.6 Å². The quantitative estimate of drug-likeness (QED) is 0.617. The van der Waals surface area contributed by atoms with Crippen LogP contribution in [-0.2, 0) is 16.0 Å². The molecule has 0 aliphatic rings. The van der Waals surface area contributed by atoms with Gasteiger partial charge in [-0.3, -0.25) is 4.79 Å². The maximum absolute atomic E-state index is 13.1. The topological polar surface area (TPSA) is 26.3 Å². The molecule has 5 heteroatoms. The summed E-state index contributed by atoms with van der Waals surface area (Å²) in [4.78, 5) is 11.2. The summed E-state index contributed by atoms with van der Waals surface area (Å²) in [7, 11) is 0. The number of hydrogen-bond acceptors (Lipinski definition) is 2. The minimum absolute atomic E-state index is 0.0472. The summed E-state index contributed by atoms with van der Waals surface area (Å²) >= 11 is 11.3. The lowest BCUT2D eigenvalue weighted by Gasteiger charge is -2.08. The Morgan fingerprint density at radius 3 is 2.81 bits per heavy atom.